The number of hydrogen-bond donors (Lipinski definition) is 3. The smallest absolute Gasteiger partial charge is 0.341 e. The van der Waals surface area contributed by atoms with Crippen molar-refractivity contribution >= 4 is 51.7 Å². The highest BCUT2D eigenvalue weighted by Crippen LogP contribution is 2.48. The average Bonchev–Trinajstić information content (AvgIpc) is 3.89. The number of benzene rings is 3. The molecule has 0 bridgehead atoms. The predicted octanol–water partition coefficient (Wildman–Crippen LogP) is 7.00. The lowest BCUT2D eigenvalue weighted by Crippen LogP contribution is -2.35. The van der Waals surface area contributed by atoms with Crippen LogP contribution in [-0.2, 0) is 14.4 Å². The Morgan fingerprint density at radius 3 is 2.04 bits per heavy atom. The molecule has 0 saturated heterocycles. The maximum Gasteiger partial charge on any atom is 0.341 e. The molecule has 4 aromatic rings. The highest BCUT2D eigenvalue weighted by Gasteiger charge is 2.56. The number of carbonyl (C=O) groups excluding carboxylic acids is 2. The molecular formula is C35H38ClFN4O7. The van der Waals surface area contributed by atoms with Gasteiger partial charge in [0.2, 0.25) is 11.8 Å². The highest BCUT2D eigenvalue weighted by molar-refractivity contribution is 6.32. The van der Waals surface area contributed by atoms with Gasteiger partial charge in [-0.3, -0.25) is 14.6 Å². The average molecular weight is 681 g/mol. The van der Waals surface area contributed by atoms with Crippen LogP contribution < -0.4 is 24.8 Å². The summed E-state index contributed by atoms with van der Waals surface area (Å²) in [4.78, 5) is 43.4. The van der Waals surface area contributed by atoms with Crippen molar-refractivity contribution in [1.82, 2.24) is 9.88 Å². The van der Waals surface area contributed by atoms with E-state index in [0.717, 1.165) is 0 Å². The fourth-order valence-corrected chi connectivity index (χ4v) is 5.02. The first kappa shape index (κ1) is 35.9. The number of ether oxygens (including phenoxy) is 3. The zero-order chi connectivity index (χ0) is 34.8. The first-order valence-electron chi connectivity index (χ1n) is 15.4. The van der Waals surface area contributed by atoms with E-state index in [1.165, 1.54) is 63.3 Å². The summed E-state index contributed by atoms with van der Waals surface area (Å²) < 4.78 is 29.8. The second kappa shape index (κ2) is 16.2. The molecule has 3 aromatic carbocycles. The van der Waals surface area contributed by atoms with E-state index in [1.54, 1.807) is 30.3 Å². The zero-order valence-electron chi connectivity index (χ0n) is 27.1. The molecule has 0 radical (unpaired) electrons. The Morgan fingerprint density at radius 1 is 0.875 bits per heavy atom. The number of carbonyl (C=O) groups is 3. The summed E-state index contributed by atoms with van der Waals surface area (Å²) in [5.41, 5.74) is 0.00949. The van der Waals surface area contributed by atoms with Gasteiger partial charge in [0, 0.05) is 29.0 Å². The Hall–Kier alpha value is -4.94. The molecule has 5 rings (SSSR count). The number of aliphatic carboxylic acids is 1. The molecule has 1 heterocycles. The molecule has 0 unspecified atom stereocenters. The number of aromatic nitrogens is 1. The van der Waals surface area contributed by atoms with Crippen LogP contribution in [0.3, 0.4) is 0 Å². The lowest BCUT2D eigenvalue weighted by atomic mass is 10.0. The predicted molar refractivity (Wildman–Crippen MR) is 182 cm³/mol. The summed E-state index contributed by atoms with van der Waals surface area (Å²) >= 11 is 6.48. The molecule has 11 nitrogen and oxygen atoms in total. The van der Waals surface area contributed by atoms with E-state index in [-0.39, 0.29) is 16.5 Å². The summed E-state index contributed by atoms with van der Waals surface area (Å²) in [6.45, 7) is 9.58. The van der Waals surface area contributed by atoms with Crippen molar-refractivity contribution in [2.24, 2.45) is 5.41 Å². The van der Waals surface area contributed by atoms with Crippen LogP contribution in [0.15, 0.2) is 66.9 Å². The topological polar surface area (TPSA) is 139 Å². The number of anilines is 2. The van der Waals surface area contributed by atoms with Crippen molar-refractivity contribution in [2.45, 2.75) is 33.6 Å². The number of nitrogens with one attached hydrogen (secondary N) is 2. The molecule has 0 aliphatic heterocycles. The Kier molecular flexibility index (Phi) is 12.2. The van der Waals surface area contributed by atoms with E-state index < -0.39 is 35.6 Å². The van der Waals surface area contributed by atoms with Crippen LogP contribution >= 0.6 is 11.6 Å². The molecule has 13 heteroatoms. The zero-order valence-corrected chi connectivity index (χ0v) is 27.9. The maximum atomic E-state index is 13.2. The van der Waals surface area contributed by atoms with Crippen LogP contribution in [-0.4, -0.2) is 66.1 Å². The number of hydrogen-bond acceptors (Lipinski definition) is 8. The van der Waals surface area contributed by atoms with Gasteiger partial charge < -0.3 is 34.9 Å². The summed E-state index contributed by atoms with van der Waals surface area (Å²) in [5.74, 6) is -1.32. The van der Waals surface area contributed by atoms with Gasteiger partial charge in [-0.2, -0.15) is 0 Å². The fourth-order valence-electron chi connectivity index (χ4n) is 4.80. The number of pyridine rings is 1. The van der Waals surface area contributed by atoms with E-state index in [0.29, 0.717) is 46.6 Å². The van der Waals surface area contributed by atoms with Crippen molar-refractivity contribution in [2.75, 3.05) is 44.0 Å². The lowest BCUT2D eigenvalue weighted by Gasteiger charge is -2.16. The number of carboxylic acid groups (broad SMARTS) is 1. The van der Waals surface area contributed by atoms with Gasteiger partial charge >= 0.3 is 5.97 Å². The minimum Gasteiger partial charge on any atom is -0.493 e. The minimum atomic E-state index is -1.22. The van der Waals surface area contributed by atoms with Crippen molar-refractivity contribution < 1.29 is 38.1 Å². The second-order valence-electron chi connectivity index (χ2n) is 10.9. The third-order valence-electron chi connectivity index (χ3n) is 7.81. The summed E-state index contributed by atoms with van der Waals surface area (Å²) in [6.07, 6.45) is 2.27. The molecule has 1 fully saturated rings. The molecule has 1 saturated carbocycles. The standard InChI is InChI=1S/C29H23ClFN3O7.C6H15N/c1-39-24-13-19-21(14-25(24)40-15-26(35)36)32-11-8-22(19)41-23-7-6-18(12-20(23)30)34-28(38)29(9-10-29)27(37)33-17-4-2-16(31)3-5-17;1-4-7(5-2)6-3/h2-8,11-14H,9-10,15H2,1H3,(H,33,37)(H,34,38)(H,35,36);4-6H2,1-3H3. The van der Waals surface area contributed by atoms with Crippen molar-refractivity contribution in [3.05, 3.63) is 77.7 Å². The normalized spacial score (nSPS) is 12.8. The number of amides is 2. The maximum absolute atomic E-state index is 13.2. The Balaban J connectivity index is 0.000000671. The monoisotopic (exact) mass is 680 g/mol. The number of carboxylic acids is 1. The van der Waals surface area contributed by atoms with Crippen LogP contribution in [0.4, 0.5) is 15.8 Å². The molecule has 1 aromatic heterocycles. The van der Waals surface area contributed by atoms with E-state index in [9.17, 15) is 18.8 Å². The minimum absolute atomic E-state index is 0.196. The van der Waals surface area contributed by atoms with Crippen molar-refractivity contribution in [1.29, 1.82) is 0 Å². The SMILES string of the molecule is CCN(CC)CC.COc1cc2c(Oc3ccc(NC(=O)C4(C(=O)Nc5ccc(F)cc5)CC4)cc3Cl)ccnc2cc1OCC(=O)O. The van der Waals surface area contributed by atoms with Gasteiger partial charge in [0.25, 0.3) is 0 Å². The van der Waals surface area contributed by atoms with Crippen molar-refractivity contribution in [3.63, 3.8) is 0 Å². The van der Waals surface area contributed by atoms with Gasteiger partial charge in [0.1, 0.15) is 22.7 Å². The van der Waals surface area contributed by atoms with Crippen LogP contribution in [0.1, 0.15) is 33.6 Å². The molecule has 1 aliphatic carbocycles. The summed E-state index contributed by atoms with van der Waals surface area (Å²) in [6, 6.07) is 14.8. The molecule has 2 amide bonds. The molecule has 3 N–H and O–H groups in total. The largest absolute Gasteiger partial charge is 0.493 e. The first-order valence-corrected chi connectivity index (χ1v) is 15.8. The number of fused-ring (bicyclic) bond motifs is 1. The summed E-state index contributed by atoms with van der Waals surface area (Å²) in [7, 11) is 1.42. The number of rotatable bonds is 13. The highest BCUT2D eigenvalue weighted by atomic mass is 35.5. The van der Waals surface area contributed by atoms with Crippen LogP contribution in [0.5, 0.6) is 23.0 Å². The molecule has 0 spiro atoms. The molecule has 254 valence electrons. The first-order chi connectivity index (χ1) is 23.0. The van der Waals surface area contributed by atoms with Gasteiger partial charge in [-0.25, -0.2) is 9.18 Å². The van der Waals surface area contributed by atoms with Gasteiger partial charge in [-0.15, -0.1) is 0 Å². The molecule has 0 atom stereocenters. The molecule has 48 heavy (non-hydrogen) atoms. The van der Waals surface area contributed by atoms with E-state index in [2.05, 4.69) is 41.3 Å². The van der Waals surface area contributed by atoms with Crippen LogP contribution in [0, 0.1) is 11.2 Å². The third kappa shape index (κ3) is 8.90. The fraction of sp³-hybridized carbons (Fsp3) is 0.314. The van der Waals surface area contributed by atoms with E-state index >= 15 is 0 Å². The van der Waals surface area contributed by atoms with Gasteiger partial charge in [0.05, 0.1) is 17.6 Å². The quantitative estimate of drug-likeness (QED) is 0.127. The Morgan fingerprint density at radius 2 is 1.50 bits per heavy atom. The lowest BCUT2D eigenvalue weighted by molar-refractivity contribution is -0.139. The molecule has 1 aliphatic rings. The number of halogens is 2. The van der Waals surface area contributed by atoms with E-state index in [1.807, 2.05) is 0 Å². The number of methoxy groups -OCH3 is 1. The number of nitrogens with zero attached hydrogens (tertiary/aromatic N) is 2. The van der Waals surface area contributed by atoms with Crippen LogP contribution in [0.2, 0.25) is 5.02 Å². The van der Waals surface area contributed by atoms with Crippen molar-refractivity contribution in [3.8, 4) is 23.0 Å². The van der Waals surface area contributed by atoms with Crippen LogP contribution in [0.25, 0.3) is 10.9 Å². The van der Waals surface area contributed by atoms with Gasteiger partial charge in [0.15, 0.2) is 18.1 Å². The third-order valence-corrected chi connectivity index (χ3v) is 8.11. The second-order valence-corrected chi connectivity index (χ2v) is 11.3. The van der Waals surface area contributed by atoms with E-state index in [4.69, 9.17) is 30.9 Å². The van der Waals surface area contributed by atoms with Gasteiger partial charge in [-0.1, -0.05) is 32.4 Å². The summed E-state index contributed by atoms with van der Waals surface area (Å²) in [5, 5.41) is 15.1. The Labute approximate surface area is 283 Å². The Bertz CT molecular complexity index is 1760. The molecular weight excluding hydrogens is 643 g/mol. The van der Waals surface area contributed by atoms with Gasteiger partial charge in [-0.05, 0) is 87.1 Å².